The standard InChI is InChI=1S/C17H31N5S.HI/c1-6-16-20-14(11-23-16)7-8-19-17(18-5)21-15-10-22(12(2)3)9-13(15)4;/h11-13,15H,6-10H2,1-5H3,(H2,18,19,21);1H. The van der Waals surface area contributed by atoms with Crippen molar-refractivity contribution in [1.82, 2.24) is 20.5 Å². The summed E-state index contributed by atoms with van der Waals surface area (Å²) in [5, 5.41) is 10.4. The number of aliphatic imine (C=N–C) groups is 1. The molecule has 0 saturated carbocycles. The van der Waals surface area contributed by atoms with Crippen LogP contribution in [-0.4, -0.2) is 54.6 Å². The second-order valence-electron chi connectivity index (χ2n) is 6.61. The van der Waals surface area contributed by atoms with Gasteiger partial charge in [-0.05, 0) is 26.2 Å². The van der Waals surface area contributed by atoms with Gasteiger partial charge in [-0.3, -0.25) is 9.89 Å². The molecule has 0 radical (unpaired) electrons. The number of nitrogens with zero attached hydrogens (tertiary/aromatic N) is 3. The molecular formula is C17H32IN5S. The molecule has 0 amide bonds. The quantitative estimate of drug-likeness (QED) is 0.386. The second-order valence-corrected chi connectivity index (χ2v) is 7.55. The third kappa shape index (κ3) is 6.15. The Morgan fingerprint density at radius 2 is 2.21 bits per heavy atom. The normalized spacial score (nSPS) is 21.8. The van der Waals surface area contributed by atoms with Gasteiger partial charge in [0.25, 0.3) is 0 Å². The number of hydrogen-bond donors (Lipinski definition) is 2. The smallest absolute Gasteiger partial charge is 0.191 e. The molecular weight excluding hydrogens is 433 g/mol. The number of halogens is 1. The Kier molecular flexibility index (Phi) is 9.51. The maximum absolute atomic E-state index is 4.61. The largest absolute Gasteiger partial charge is 0.356 e. The number of thiazole rings is 1. The minimum Gasteiger partial charge on any atom is -0.356 e. The Labute approximate surface area is 167 Å². The van der Waals surface area contributed by atoms with Gasteiger partial charge in [-0.25, -0.2) is 4.98 Å². The number of hydrogen-bond acceptors (Lipinski definition) is 4. The van der Waals surface area contributed by atoms with E-state index in [1.54, 1.807) is 11.3 Å². The first-order valence-corrected chi connectivity index (χ1v) is 9.56. The van der Waals surface area contributed by atoms with Gasteiger partial charge < -0.3 is 10.6 Å². The summed E-state index contributed by atoms with van der Waals surface area (Å²) < 4.78 is 0. The van der Waals surface area contributed by atoms with Gasteiger partial charge >= 0.3 is 0 Å². The Bertz CT molecular complexity index is 517. The fourth-order valence-corrected chi connectivity index (χ4v) is 3.70. The Balaban J connectivity index is 0.00000288. The Hall–Kier alpha value is -0.410. The highest BCUT2D eigenvalue weighted by Crippen LogP contribution is 2.18. The zero-order chi connectivity index (χ0) is 16.8. The van der Waals surface area contributed by atoms with Crippen molar-refractivity contribution in [2.45, 2.75) is 52.6 Å². The van der Waals surface area contributed by atoms with Gasteiger partial charge in [-0.15, -0.1) is 35.3 Å². The first-order chi connectivity index (χ1) is 11.0. The highest BCUT2D eigenvalue weighted by atomic mass is 127. The molecule has 2 N–H and O–H groups in total. The van der Waals surface area contributed by atoms with E-state index in [2.05, 4.69) is 58.6 Å². The van der Waals surface area contributed by atoms with E-state index in [0.717, 1.165) is 38.4 Å². The van der Waals surface area contributed by atoms with Crippen LogP contribution in [0.15, 0.2) is 10.4 Å². The minimum atomic E-state index is 0. The zero-order valence-electron chi connectivity index (χ0n) is 15.5. The van der Waals surface area contributed by atoms with Crippen molar-refractivity contribution in [2.24, 2.45) is 10.9 Å². The van der Waals surface area contributed by atoms with Crippen LogP contribution in [0.1, 0.15) is 38.4 Å². The maximum Gasteiger partial charge on any atom is 0.191 e. The Morgan fingerprint density at radius 1 is 1.46 bits per heavy atom. The van der Waals surface area contributed by atoms with Crippen LogP contribution in [0, 0.1) is 5.92 Å². The lowest BCUT2D eigenvalue weighted by atomic mass is 10.1. The summed E-state index contributed by atoms with van der Waals surface area (Å²) in [4.78, 5) is 11.5. The molecule has 2 rings (SSSR count). The first kappa shape index (κ1) is 21.6. The first-order valence-electron chi connectivity index (χ1n) is 8.68. The van der Waals surface area contributed by atoms with Gasteiger partial charge in [-0.1, -0.05) is 13.8 Å². The maximum atomic E-state index is 4.61. The SMILES string of the molecule is CCc1nc(CCNC(=NC)NC2CN(C(C)C)CC2C)cs1.I. The summed E-state index contributed by atoms with van der Waals surface area (Å²) in [6.45, 7) is 12.1. The summed E-state index contributed by atoms with van der Waals surface area (Å²) in [6.07, 6.45) is 1.96. The van der Waals surface area contributed by atoms with Gasteiger partial charge in [0.2, 0.25) is 0 Å². The molecule has 138 valence electrons. The van der Waals surface area contributed by atoms with Crippen molar-refractivity contribution in [3.63, 3.8) is 0 Å². The summed E-state index contributed by atoms with van der Waals surface area (Å²) in [5.41, 5.74) is 1.18. The van der Waals surface area contributed by atoms with E-state index in [0.29, 0.717) is 18.0 Å². The van der Waals surface area contributed by atoms with Crippen molar-refractivity contribution in [2.75, 3.05) is 26.7 Å². The Morgan fingerprint density at radius 3 is 2.75 bits per heavy atom. The van der Waals surface area contributed by atoms with E-state index in [-0.39, 0.29) is 24.0 Å². The number of likely N-dealkylation sites (tertiary alicyclic amines) is 1. The van der Waals surface area contributed by atoms with E-state index in [1.807, 2.05) is 7.05 Å². The molecule has 0 bridgehead atoms. The topological polar surface area (TPSA) is 52.6 Å². The van der Waals surface area contributed by atoms with Crippen LogP contribution >= 0.6 is 35.3 Å². The molecule has 2 unspecified atom stereocenters. The molecule has 1 saturated heterocycles. The molecule has 1 fully saturated rings. The monoisotopic (exact) mass is 465 g/mol. The molecule has 0 aliphatic carbocycles. The summed E-state index contributed by atoms with van der Waals surface area (Å²) in [7, 11) is 1.84. The average Bonchev–Trinajstić information content (AvgIpc) is 3.13. The third-order valence-corrected chi connectivity index (χ3v) is 5.53. The number of guanidine groups is 1. The molecule has 1 aliphatic rings. The van der Waals surface area contributed by atoms with E-state index >= 15 is 0 Å². The van der Waals surface area contributed by atoms with Gasteiger partial charge in [0.05, 0.1) is 10.7 Å². The fourth-order valence-electron chi connectivity index (χ4n) is 2.92. The predicted molar refractivity (Wildman–Crippen MR) is 115 cm³/mol. The van der Waals surface area contributed by atoms with Crippen LogP contribution in [0.25, 0.3) is 0 Å². The van der Waals surface area contributed by atoms with Gasteiger partial charge in [0, 0.05) is 50.6 Å². The summed E-state index contributed by atoms with van der Waals surface area (Å²) in [6, 6.07) is 1.08. The molecule has 0 spiro atoms. The highest BCUT2D eigenvalue weighted by Gasteiger charge is 2.31. The van der Waals surface area contributed by atoms with Gasteiger partial charge in [0.1, 0.15) is 0 Å². The number of aromatic nitrogens is 1. The highest BCUT2D eigenvalue weighted by molar-refractivity contribution is 14.0. The molecule has 2 atom stereocenters. The average molecular weight is 465 g/mol. The van der Waals surface area contributed by atoms with Crippen molar-refractivity contribution in [3.8, 4) is 0 Å². The number of aryl methyl sites for hydroxylation is 1. The third-order valence-electron chi connectivity index (χ3n) is 4.49. The molecule has 2 heterocycles. The van der Waals surface area contributed by atoms with Crippen LogP contribution in [0.4, 0.5) is 0 Å². The predicted octanol–water partition coefficient (Wildman–Crippen LogP) is 2.76. The fraction of sp³-hybridized carbons (Fsp3) is 0.765. The molecule has 0 aromatic carbocycles. The second kappa shape index (κ2) is 10.6. The van der Waals surface area contributed by atoms with E-state index in [1.165, 1.54) is 10.7 Å². The molecule has 7 heteroatoms. The molecule has 1 aromatic heterocycles. The minimum absolute atomic E-state index is 0. The van der Waals surface area contributed by atoms with Crippen molar-refractivity contribution < 1.29 is 0 Å². The molecule has 1 aliphatic heterocycles. The zero-order valence-corrected chi connectivity index (χ0v) is 18.6. The van der Waals surface area contributed by atoms with Crippen LogP contribution in [0.5, 0.6) is 0 Å². The molecule has 1 aromatic rings. The molecule has 24 heavy (non-hydrogen) atoms. The van der Waals surface area contributed by atoms with Crippen LogP contribution in [0.3, 0.4) is 0 Å². The number of nitrogens with one attached hydrogen (secondary N) is 2. The van der Waals surface area contributed by atoms with Crippen molar-refractivity contribution in [3.05, 3.63) is 16.1 Å². The lowest BCUT2D eigenvalue weighted by Gasteiger charge is -2.21. The van der Waals surface area contributed by atoms with Crippen LogP contribution in [0.2, 0.25) is 0 Å². The lowest BCUT2D eigenvalue weighted by molar-refractivity contribution is 0.265. The van der Waals surface area contributed by atoms with Crippen molar-refractivity contribution >= 4 is 41.3 Å². The van der Waals surface area contributed by atoms with Crippen LogP contribution < -0.4 is 10.6 Å². The van der Waals surface area contributed by atoms with E-state index in [4.69, 9.17) is 0 Å². The van der Waals surface area contributed by atoms with Crippen molar-refractivity contribution in [1.29, 1.82) is 0 Å². The number of rotatable bonds is 6. The summed E-state index contributed by atoms with van der Waals surface area (Å²) in [5.74, 6) is 1.54. The van der Waals surface area contributed by atoms with Crippen LogP contribution in [-0.2, 0) is 12.8 Å². The lowest BCUT2D eigenvalue weighted by Crippen LogP contribution is -2.47. The summed E-state index contributed by atoms with van der Waals surface area (Å²) >= 11 is 1.75. The van der Waals surface area contributed by atoms with Gasteiger partial charge in [-0.2, -0.15) is 0 Å². The van der Waals surface area contributed by atoms with E-state index in [9.17, 15) is 0 Å². The van der Waals surface area contributed by atoms with E-state index < -0.39 is 0 Å². The van der Waals surface area contributed by atoms with Gasteiger partial charge in [0.15, 0.2) is 5.96 Å². The molecule has 5 nitrogen and oxygen atoms in total.